The Morgan fingerprint density at radius 3 is 3.13 bits per heavy atom. The van der Waals surface area contributed by atoms with Crippen LogP contribution in [0.5, 0.6) is 0 Å². The van der Waals surface area contributed by atoms with Crippen LogP contribution in [0.15, 0.2) is 17.2 Å². The van der Waals surface area contributed by atoms with Crippen LogP contribution in [-0.4, -0.2) is 23.8 Å². The Hall–Kier alpha value is -0.940. The standard InChI is InChI=1S/C9H11ClN2O2S/c1-14-7(13)3-5-15-6-2-4-12-9(11)8(6)10/h2,4H,3,5H2,1H3,(H2,11,12). The number of anilines is 1. The second kappa shape index (κ2) is 5.82. The molecule has 1 aromatic heterocycles. The molecule has 0 bridgehead atoms. The van der Waals surface area contributed by atoms with Gasteiger partial charge in [-0.2, -0.15) is 0 Å². The summed E-state index contributed by atoms with van der Waals surface area (Å²) in [5, 5.41) is 0.437. The molecule has 0 amide bonds. The summed E-state index contributed by atoms with van der Waals surface area (Å²) >= 11 is 7.37. The SMILES string of the molecule is COC(=O)CCSc1ccnc(N)c1Cl. The molecule has 0 atom stereocenters. The monoisotopic (exact) mass is 246 g/mol. The molecule has 2 N–H and O–H groups in total. The van der Waals surface area contributed by atoms with Crippen LogP contribution < -0.4 is 5.73 Å². The van der Waals surface area contributed by atoms with Gasteiger partial charge in [0, 0.05) is 16.8 Å². The maximum Gasteiger partial charge on any atom is 0.306 e. The van der Waals surface area contributed by atoms with Gasteiger partial charge in [0.05, 0.1) is 18.6 Å². The van der Waals surface area contributed by atoms with Crippen molar-refractivity contribution < 1.29 is 9.53 Å². The molecule has 0 aromatic carbocycles. The Morgan fingerprint density at radius 2 is 2.47 bits per heavy atom. The van der Waals surface area contributed by atoms with Crippen molar-refractivity contribution in [2.45, 2.75) is 11.3 Å². The average molecular weight is 247 g/mol. The molecule has 0 aliphatic carbocycles. The van der Waals surface area contributed by atoms with E-state index in [0.29, 0.717) is 23.0 Å². The van der Waals surface area contributed by atoms with E-state index in [9.17, 15) is 4.79 Å². The Morgan fingerprint density at radius 1 is 1.73 bits per heavy atom. The topological polar surface area (TPSA) is 65.2 Å². The summed E-state index contributed by atoms with van der Waals surface area (Å²) in [5.41, 5.74) is 5.53. The van der Waals surface area contributed by atoms with Crippen molar-refractivity contribution in [2.24, 2.45) is 0 Å². The van der Waals surface area contributed by atoms with Gasteiger partial charge in [0.1, 0.15) is 5.82 Å². The second-order valence-corrected chi connectivity index (χ2v) is 4.20. The Labute approximate surface area is 97.2 Å². The summed E-state index contributed by atoms with van der Waals surface area (Å²) in [6, 6.07) is 1.76. The number of nitrogens with zero attached hydrogens (tertiary/aromatic N) is 1. The van der Waals surface area contributed by atoms with Gasteiger partial charge in [0.25, 0.3) is 0 Å². The molecule has 0 radical (unpaired) electrons. The first-order valence-corrected chi connectivity index (χ1v) is 5.61. The summed E-state index contributed by atoms with van der Waals surface area (Å²) in [4.78, 5) is 15.5. The van der Waals surface area contributed by atoms with Gasteiger partial charge < -0.3 is 10.5 Å². The first-order valence-electron chi connectivity index (χ1n) is 4.24. The number of hydrogen-bond acceptors (Lipinski definition) is 5. The first kappa shape index (κ1) is 12.1. The zero-order chi connectivity index (χ0) is 11.3. The molecule has 82 valence electrons. The van der Waals surface area contributed by atoms with E-state index >= 15 is 0 Å². The molecule has 6 heteroatoms. The number of thioether (sulfide) groups is 1. The average Bonchev–Trinajstić information content (AvgIpc) is 2.24. The molecular formula is C9H11ClN2O2S. The van der Waals surface area contributed by atoms with Gasteiger partial charge in [0.2, 0.25) is 0 Å². The summed E-state index contributed by atoms with van der Waals surface area (Å²) in [6.07, 6.45) is 1.93. The summed E-state index contributed by atoms with van der Waals surface area (Å²) in [5.74, 6) is 0.677. The van der Waals surface area contributed by atoms with Crippen LogP contribution in [0.2, 0.25) is 5.02 Å². The van der Waals surface area contributed by atoms with Crippen LogP contribution in [0.1, 0.15) is 6.42 Å². The van der Waals surface area contributed by atoms with E-state index in [0.717, 1.165) is 4.90 Å². The molecular weight excluding hydrogens is 236 g/mol. The molecule has 0 fully saturated rings. The fraction of sp³-hybridized carbons (Fsp3) is 0.333. The van der Waals surface area contributed by atoms with Gasteiger partial charge in [-0.25, -0.2) is 4.98 Å². The van der Waals surface area contributed by atoms with E-state index in [4.69, 9.17) is 17.3 Å². The molecule has 0 aliphatic rings. The summed E-state index contributed by atoms with van der Waals surface area (Å²) < 4.78 is 4.52. The van der Waals surface area contributed by atoms with E-state index in [1.807, 2.05) is 0 Å². The van der Waals surface area contributed by atoms with Crippen LogP contribution in [0, 0.1) is 0 Å². The van der Waals surface area contributed by atoms with Crippen LogP contribution >= 0.6 is 23.4 Å². The predicted octanol–water partition coefficient (Wildman–Crippen LogP) is 1.97. The predicted molar refractivity (Wildman–Crippen MR) is 61.0 cm³/mol. The number of methoxy groups -OCH3 is 1. The van der Waals surface area contributed by atoms with E-state index in [2.05, 4.69) is 9.72 Å². The lowest BCUT2D eigenvalue weighted by molar-refractivity contribution is -0.140. The largest absolute Gasteiger partial charge is 0.469 e. The molecule has 15 heavy (non-hydrogen) atoms. The van der Waals surface area contributed by atoms with Crippen molar-refractivity contribution in [3.05, 3.63) is 17.3 Å². The highest BCUT2D eigenvalue weighted by atomic mass is 35.5. The van der Waals surface area contributed by atoms with E-state index in [1.165, 1.54) is 18.9 Å². The second-order valence-electron chi connectivity index (χ2n) is 2.68. The zero-order valence-electron chi connectivity index (χ0n) is 8.20. The van der Waals surface area contributed by atoms with Crippen molar-refractivity contribution in [1.82, 2.24) is 4.98 Å². The molecule has 1 heterocycles. The number of carbonyl (C=O) groups is 1. The van der Waals surface area contributed by atoms with Crippen LogP contribution in [-0.2, 0) is 9.53 Å². The number of rotatable bonds is 4. The highest BCUT2D eigenvalue weighted by Crippen LogP contribution is 2.30. The number of hydrogen-bond donors (Lipinski definition) is 1. The van der Waals surface area contributed by atoms with Crippen LogP contribution in [0.3, 0.4) is 0 Å². The minimum Gasteiger partial charge on any atom is -0.469 e. The molecule has 0 spiro atoms. The van der Waals surface area contributed by atoms with Gasteiger partial charge in [-0.05, 0) is 6.07 Å². The molecule has 1 rings (SSSR count). The van der Waals surface area contributed by atoms with E-state index < -0.39 is 0 Å². The van der Waals surface area contributed by atoms with E-state index in [-0.39, 0.29) is 5.97 Å². The quantitative estimate of drug-likeness (QED) is 0.650. The molecule has 0 saturated carbocycles. The highest BCUT2D eigenvalue weighted by Gasteiger charge is 2.06. The number of esters is 1. The van der Waals surface area contributed by atoms with E-state index in [1.54, 1.807) is 12.3 Å². The normalized spacial score (nSPS) is 10.0. The number of nitrogens with two attached hydrogens (primary N) is 1. The maximum absolute atomic E-state index is 10.8. The maximum atomic E-state index is 10.8. The molecule has 0 saturated heterocycles. The third-order valence-corrected chi connectivity index (χ3v) is 3.24. The number of halogens is 1. The van der Waals surface area contributed by atoms with Crippen molar-refractivity contribution in [2.75, 3.05) is 18.6 Å². The zero-order valence-corrected chi connectivity index (χ0v) is 9.77. The third kappa shape index (κ3) is 3.60. The lowest BCUT2D eigenvalue weighted by atomic mass is 10.5. The molecule has 0 aliphatic heterocycles. The first-order chi connectivity index (χ1) is 7.15. The number of ether oxygens (including phenoxy) is 1. The van der Waals surface area contributed by atoms with Crippen molar-refractivity contribution in [3.8, 4) is 0 Å². The third-order valence-electron chi connectivity index (χ3n) is 1.67. The van der Waals surface area contributed by atoms with Gasteiger partial charge in [-0.1, -0.05) is 11.6 Å². The fourth-order valence-electron chi connectivity index (χ4n) is 0.899. The van der Waals surface area contributed by atoms with Crippen molar-refractivity contribution in [3.63, 3.8) is 0 Å². The number of pyridine rings is 1. The summed E-state index contributed by atoms with van der Waals surface area (Å²) in [7, 11) is 1.37. The summed E-state index contributed by atoms with van der Waals surface area (Å²) in [6.45, 7) is 0. The molecule has 0 unspecified atom stereocenters. The number of carbonyl (C=O) groups excluding carboxylic acids is 1. The minimum atomic E-state index is -0.236. The van der Waals surface area contributed by atoms with Gasteiger partial charge in [-0.15, -0.1) is 11.8 Å². The Balaban J connectivity index is 2.51. The van der Waals surface area contributed by atoms with Gasteiger partial charge >= 0.3 is 5.97 Å². The fourth-order valence-corrected chi connectivity index (χ4v) is 2.05. The Bertz CT molecular complexity index is 360. The smallest absolute Gasteiger partial charge is 0.306 e. The molecule has 4 nitrogen and oxygen atoms in total. The van der Waals surface area contributed by atoms with Crippen molar-refractivity contribution in [1.29, 1.82) is 0 Å². The Kier molecular flexibility index (Phi) is 4.71. The van der Waals surface area contributed by atoms with Crippen molar-refractivity contribution >= 4 is 35.1 Å². The molecule has 1 aromatic rings. The lowest BCUT2D eigenvalue weighted by Gasteiger charge is -2.04. The van der Waals surface area contributed by atoms with Gasteiger partial charge in [-0.3, -0.25) is 4.79 Å². The lowest BCUT2D eigenvalue weighted by Crippen LogP contribution is -2.01. The van der Waals surface area contributed by atoms with Crippen LogP contribution in [0.25, 0.3) is 0 Å². The highest BCUT2D eigenvalue weighted by molar-refractivity contribution is 7.99. The number of nitrogen functional groups attached to an aromatic ring is 1. The van der Waals surface area contributed by atoms with Gasteiger partial charge in [0.15, 0.2) is 0 Å². The van der Waals surface area contributed by atoms with Crippen LogP contribution in [0.4, 0.5) is 5.82 Å². The number of aromatic nitrogens is 1. The minimum absolute atomic E-state index is 0.236.